The molecule has 0 heterocycles. The van der Waals surface area contributed by atoms with Crippen LogP contribution in [-0.4, -0.2) is 56.7 Å². The maximum absolute atomic E-state index is 5.46. The Balaban J connectivity index is 0.00000625. The highest BCUT2D eigenvalue weighted by molar-refractivity contribution is 14.0. The molecule has 0 spiro atoms. The van der Waals surface area contributed by atoms with Crippen molar-refractivity contribution in [1.82, 2.24) is 15.5 Å². The van der Waals surface area contributed by atoms with Gasteiger partial charge < -0.3 is 15.4 Å². The van der Waals surface area contributed by atoms with Crippen LogP contribution in [-0.2, 0) is 0 Å². The largest absolute Gasteiger partial charge is 0.496 e. The normalized spacial score (nSPS) is 12.9. The third-order valence-electron chi connectivity index (χ3n) is 4.46. The Bertz CT molecular complexity index is 526. The summed E-state index contributed by atoms with van der Waals surface area (Å²) in [5, 5.41) is 6.83. The first-order valence-electron chi connectivity index (χ1n) is 9.23. The van der Waals surface area contributed by atoms with E-state index in [0.717, 1.165) is 31.3 Å². The second kappa shape index (κ2) is 13.2. The number of nitrogens with zero attached hydrogens (tertiary/aromatic N) is 2. The third-order valence-corrected chi connectivity index (χ3v) is 4.46. The molecule has 0 aliphatic carbocycles. The number of guanidine groups is 1. The standard InChI is InChI=1S/C20H36N4O.HI/c1-15(2)24(16(3)4)13-12-22-20(21-6)23-14-17(5)18-10-8-9-11-19(18)25-7;/h8-11,15-17H,12-14H2,1-7H3,(H2,21,22,23);1H. The fraction of sp³-hybridized carbons (Fsp3) is 0.650. The number of hydrogen-bond acceptors (Lipinski definition) is 3. The predicted molar refractivity (Wildman–Crippen MR) is 123 cm³/mol. The van der Waals surface area contributed by atoms with E-state index in [2.05, 4.69) is 61.2 Å². The minimum atomic E-state index is 0. The molecule has 0 fully saturated rings. The van der Waals surface area contributed by atoms with Gasteiger partial charge in [-0.15, -0.1) is 24.0 Å². The van der Waals surface area contributed by atoms with Crippen LogP contribution < -0.4 is 15.4 Å². The van der Waals surface area contributed by atoms with Gasteiger partial charge in [0.1, 0.15) is 5.75 Å². The number of benzene rings is 1. The molecule has 0 aliphatic rings. The molecular formula is C20H37IN4O. The van der Waals surface area contributed by atoms with E-state index in [9.17, 15) is 0 Å². The number of hydrogen-bond donors (Lipinski definition) is 2. The highest BCUT2D eigenvalue weighted by Crippen LogP contribution is 2.25. The van der Waals surface area contributed by atoms with Gasteiger partial charge in [-0.3, -0.25) is 9.89 Å². The highest BCUT2D eigenvalue weighted by Gasteiger charge is 2.14. The van der Waals surface area contributed by atoms with Gasteiger partial charge in [-0.05, 0) is 39.3 Å². The van der Waals surface area contributed by atoms with Crippen LogP contribution >= 0.6 is 24.0 Å². The van der Waals surface area contributed by atoms with Crippen molar-refractivity contribution in [1.29, 1.82) is 0 Å². The lowest BCUT2D eigenvalue weighted by Gasteiger charge is -2.30. The van der Waals surface area contributed by atoms with Gasteiger partial charge >= 0.3 is 0 Å². The van der Waals surface area contributed by atoms with Crippen LogP contribution in [0.2, 0.25) is 0 Å². The fourth-order valence-electron chi connectivity index (χ4n) is 3.07. The van der Waals surface area contributed by atoms with E-state index in [4.69, 9.17) is 4.74 Å². The van der Waals surface area contributed by atoms with E-state index in [1.54, 1.807) is 7.11 Å². The van der Waals surface area contributed by atoms with Crippen molar-refractivity contribution in [3.63, 3.8) is 0 Å². The summed E-state index contributed by atoms with van der Waals surface area (Å²) in [4.78, 5) is 6.80. The summed E-state index contributed by atoms with van der Waals surface area (Å²) in [6.45, 7) is 13.8. The molecule has 0 amide bonds. The van der Waals surface area contributed by atoms with Gasteiger partial charge in [0.15, 0.2) is 5.96 Å². The van der Waals surface area contributed by atoms with Crippen LogP contribution in [0.1, 0.15) is 46.1 Å². The molecule has 1 unspecified atom stereocenters. The number of methoxy groups -OCH3 is 1. The van der Waals surface area contributed by atoms with Gasteiger partial charge in [0.05, 0.1) is 7.11 Å². The third kappa shape index (κ3) is 8.12. The Hall–Kier alpha value is -1.02. The number of rotatable bonds is 9. The molecule has 5 nitrogen and oxygen atoms in total. The average molecular weight is 476 g/mol. The Morgan fingerprint density at radius 3 is 2.23 bits per heavy atom. The van der Waals surface area contributed by atoms with E-state index < -0.39 is 0 Å². The molecule has 0 aliphatic heterocycles. The smallest absolute Gasteiger partial charge is 0.191 e. The van der Waals surface area contributed by atoms with Gasteiger partial charge in [-0.1, -0.05) is 25.1 Å². The lowest BCUT2D eigenvalue weighted by atomic mass is 10.0. The molecule has 0 saturated heterocycles. The van der Waals surface area contributed by atoms with E-state index >= 15 is 0 Å². The summed E-state index contributed by atoms with van der Waals surface area (Å²) in [5.41, 5.74) is 1.21. The summed E-state index contributed by atoms with van der Waals surface area (Å²) in [6.07, 6.45) is 0. The van der Waals surface area contributed by atoms with Crippen molar-refractivity contribution in [2.45, 2.75) is 52.6 Å². The molecule has 0 aromatic heterocycles. The van der Waals surface area contributed by atoms with Crippen molar-refractivity contribution >= 4 is 29.9 Å². The minimum absolute atomic E-state index is 0. The van der Waals surface area contributed by atoms with Gasteiger partial charge in [0.2, 0.25) is 0 Å². The van der Waals surface area contributed by atoms with Crippen LogP contribution in [0.3, 0.4) is 0 Å². The van der Waals surface area contributed by atoms with Gasteiger partial charge in [-0.2, -0.15) is 0 Å². The Morgan fingerprint density at radius 1 is 1.08 bits per heavy atom. The molecule has 0 bridgehead atoms. The quantitative estimate of drug-likeness (QED) is 0.324. The maximum atomic E-state index is 5.46. The monoisotopic (exact) mass is 476 g/mol. The van der Waals surface area contributed by atoms with Crippen molar-refractivity contribution in [2.75, 3.05) is 33.8 Å². The first-order valence-corrected chi connectivity index (χ1v) is 9.23. The Labute approximate surface area is 177 Å². The molecule has 150 valence electrons. The summed E-state index contributed by atoms with van der Waals surface area (Å²) in [5.74, 6) is 2.11. The number of para-hydroxylation sites is 1. The molecule has 0 saturated carbocycles. The Morgan fingerprint density at radius 2 is 1.69 bits per heavy atom. The fourth-order valence-corrected chi connectivity index (χ4v) is 3.07. The highest BCUT2D eigenvalue weighted by atomic mass is 127. The topological polar surface area (TPSA) is 48.9 Å². The van der Waals surface area contributed by atoms with Crippen LogP contribution in [0.4, 0.5) is 0 Å². The lowest BCUT2D eigenvalue weighted by Crippen LogP contribution is -2.45. The molecule has 1 aromatic rings. The summed E-state index contributed by atoms with van der Waals surface area (Å²) in [6, 6.07) is 9.26. The summed E-state index contributed by atoms with van der Waals surface area (Å²) in [7, 11) is 3.53. The van der Waals surface area contributed by atoms with Crippen molar-refractivity contribution in [3.8, 4) is 5.75 Å². The van der Waals surface area contributed by atoms with Crippen LogP contribution in [0.25, 0.3) is 0 Å². The molecule has 1 rings (SSSR count). The Kier molecular flexibility index (Phi) is 12.7. The van der Waals surface area contributed by atoms with Crippen molar-refractivity contribution in [2.24, 2.45) is 4.99 Å². The van der Waals surface area contributed by atoms with Crippen LogP contribution in [0.5, 0.6) is 5.75 Å². The molecule has 1 atom stereocenters. The van der Waals surface area contributed by atoms with Gasteiger partial charge in [0, 0.05) is 44.7 Å². The summed E-state index contributed by atoms with van der Waals surface area (Å²) >= 11 is 0. The molecule has 26 heavy (non-hydrogen) atoms. The molecule has 0 radical (unpaired) electrons. The molecular weight excluding hydrogens is 439 g/mol. The predicted octanol–water partition coefficient (Wildman–Crippen LogP) is 3.70. The number of aliphatic imine (C=N–C) groups is 1. The molecule has 1 aromatic carbocycles. The second-order valence-electron chi connectivity index (χ2n) is 6.95. The second-order valence-corrected chi connectivity index (χ2v) is 6.95. The van der Waals surface area contributed by atoms with E-state index in [1.165, 1.54) is 5.56 Å². The van der Waals surface area contributed by atoms with E-state index in [0.29, 0.717) is 18.0 Å². The molecule has 2 N–H and O–H groups in total. The van der Waals surface area contributed by atoms with Crippen LogP contribution in [0.15, 0.2) is 29.3 Å². The first kappa shape index (κ1) is 25.0. The lowest BCUT2D eigenvalue weighted by molar-refractivity contribution is 0.178. The van der Waals surface area contributed by atoms with Gasteiger partial charge in [0.25, 0.3) is 0 Å². The first-order chi connectivity index (χ1) is 11.9. The summed E-state index contributed by atoms with van der Waals surface area (Å²) < 4.78 is 5.46. The van der Waals surface area contributed by atoms with Crippen molar-refractivity contribution in [3.05, 3.63) is 29.8 Å². The van der Waals surface area contributed by atoms with Crippen molar-refractivity contribution < 1.29 is 4.74 Å². The number of halogens is 1. The van der Waals surface area contributed by atoms with Crippen LogP contribution in [0, 0.1) is 0 Å². The SMILES string of the molecule is CN=C(NCCN(C(C)C)C(C)C)NCC(C)c1ccccc1OC.I. The molecule has 6 heteroatoms. The zero-order chi connectivity index (χ0) is 18.8. The minimum Gasteiger partial charge on any atom is -0.496 e. The maximum Gasteiger partial charge on any atom is 0.191 e. The number of ether oxygens (including phenoxy) is 1. The zero-order valence-electron chi connectivity index (χ0n) is 17.4. The average Bonchev–Trinajstić information content (AvgIpc) is 2.60. The number of nitrogens with one attached hydrogen (secondary N) is 2. The van der Waals surface area contributed by atoms with E-state index in [-0.39, 0.29) is 24.0 Å². The van der Waals surface area contributed by atoms with E-state index in [1.807, 2.05) is 25.2 Å². The van der Waals surface area contributed by atoms with Gasteiger partial charge in [-0.25, -0.2) is 0 Å². The zero-order valence-corrected chi connectivity index (χ0v) is 19.7.